The Morgan fingerprint density at radius 1 is 1.26 bits per heavy atom. The molecule has 2 amide bonds. The number of non-ortho nitro benzene ring substituents is 1. The Balaban J connectivity index is 1.81. The summed E-state index contributed by atoms with van der Waals surface area (Å²) in [6.45, 7) is 0. The maximum Gasteiger partial charge on any atom is 0.270 e. The highest BCUT2D eigenvalue weighted by atomic mass is 35.5. The van der Waals surface area contributed by atoms with Crippen LogP contribution in [0.2, 0.25) is 5.02 Å². The predicted octanol–water partition coefficient (Wildman–Crippen LogP) is 3.00. The number of halogens is 1. The number of fused-ring (bicyclic) bond motifs is 1. The van der Waals surface area contributed by atoms with E-state index in [4.69, 9.17) is 11.6 Å². The Kier molecular flexibility index (Phi) is 3.71. The lowest BCUT2D eigenvalue weighted by Crippen LogP contribution is -2.12. The first-order chi connectivity index (χ1) is 10.9. The molecule has 0 aliphatic carbocycles. The van der Waals surface area contributed by atoms with Crippen molar-refractivity contribution >= 4 is 40.5 Å². The summed E-state index contributed by atoms with van der Waals surface area (Å²) >= 11 is 5.93. The topological polar surface area (TPSA) is 101 Å². The van der Waals surface area contributed by atoms with Crippen LogP contribution in [-0.4, -0.2) is 16.7 Å². The summed E-state index contributed by atoms with van der Waals surface area (Å²) < 4.78 is 0. The average Bonchev–Trinajstić information content (AvgIpc) is 2.86. The molecule has 0 fully saturated rings. The Morgan fingerprint density at radius 3 is 2.74 bits per heavy atom. The zero-order valence-electron chi connectivity index (χ0n) is 11.6. The maximum atomic E-state index is 12.2. The molecule has 0 bridgehead atoms. The molecule has 0 saturated carbocycles. The number of amides is 2. The largest absolute Gasteiger partial charge is 0.326 e. The first-order valence-electron chi connectivity index (χ1n) is 6.62. The number of rotatable bonds is 3. The number of anilines is 2. The van der Waals surface area contributed by atoms with Gasteiger partial charge in [0, 0.05) is 23.5 Å². The van der Waals surface area contributed by atoms with E-state index in [1.54, 1.807) is 18.2 Å². The lowest BCUT2D eigenvalue weighted by atomic mass is 10.1. The van der Waals surface area contributed by atoms with Crippen LogP contribution < -0.4 is 10.6 Å². The minimum Gasteiger partial charge on any atom is -0.326 e. The van der Waals surface area contributed by atoms with Crippen molar-refractivity contribution in [2.24, 2.45) is 0 Å². The standard InChI is InChI=1S/C15H10ClN3O4/c16-12-7-10(19(22)23)2-3-11(12)15(21)17-9-1-4-13-8(5-9)6-14(20)18-13/h1-5,7H,6H2,(H,17,21)(H,18,20). The number of nitrogens with zero attached hydrogens (tertiary/aromatic N) is 1. The van der Waals surface area contributed by atoms with Gasteiger partial charge in [0.15, 0.2) is 0 Å². The second-order valence-electron chi connectivity index (χ2n) is 4.97. The molecule has 116 valence electrons. The molecule has 23 heavy (non-hydrogen) atoms. The average molecular weight is 332 g/mol. The molecular formula is C15H10ClN3O4. The normalized spacial score (nSPS) is 12.5. The van der Waals surface area contributed by atoms with E-state index in [2.05, 4.69) is 10.6 Å². The van der Waals surface area contributed by atoms with Crippen molar-refractivity contribution in [1.29, 1.82) is 0 Å². The third-order valence-corrected chi connectivity index (χ3v) is 3.71. The molecule has 3 rings (SSSR count). The molecule has 1 aliphatic rings. The minimum atomic E-state index is -0.585. The van der Waals surface area contributed by atoms with E-state index < -0.39 is 10.8 Å². The zero-order valence-corrected chi connectivity index (χ0v) is 12.4. The van der Waals surface area contributed by atoms with E-state index in [1.807, 2.05) is 0 Å². The van der Waals surface area contributed by atoms with Gasteiger partial charge in [-0.1, -0.05) is 11.6 Å². The van der Waals surface area contributed by atoms with Gasteiger partial charge in [0.05, 0.1) is 21.9 Å². The third kappa shape index (κ3) is 3.00. The quantitative estimate of drug-likeness (QED) is 0.666. The summed E-state index contributed by atoms with van der Waals surface area (Å²) in [4.78, 5) is 33.6. The number of nitro benzene ring substituents is 1. The van der Waals surface area contributed by atoms with E-state index in [-0.39, 0.29) is 28.6 Å². The van der Waals surface area contributed by atoms with Crippen LogP contribution in [0.1, 0.15) is 15.9 Å². The van der Waals surface area contributed by atoms with Crippen molar-refractivity contribution in [3.05, 3.63) is 62.7 Å². The Morgan fingerprint density at radius 2 is 2.04 bits per heavy atom. The van der Waals surface area contributed by atoms with E-state index in [0.29, 0.717) is 5.69 Å². The van der Waals surface area contributed by atoms with E-state index in [1.165, 1.54) is 12.1 Å². The van der Waals surface area contributed by atoms with Gasteiger partial charge in [-0.05, 0) is 29.8 Å². The van der Waals surface area contributed by atoms with Crippen molar-refractivity contribution in [2.45, 2.75) is 6.42 Å². The van der Waals surface area contributed by atoms with Crippen LogP contribution in [0.5, 0.6) is 0 Å². The Hall–Kier alpha value is -2.93. The molecule has 0 saturated heterocycles. The van der Waals surface area contributed by atoms with Crippen LogP contribution >= 0.6 is 11.6 Å². The number of carbonyl (C=O) groups is 2. The summed E-state index contributed by atoms with van der Waals surface area (Å²) in [7, 11) is 0. The third-order valence-electron chi connectivity index (χ3n) is 3.40. The lowest BCUT2D eigenvalue weighted by molar-refractivity contribution is -0.384. The number of nitrogens with one attached hydrogen (secondary N) is 2. The fraction of sp³-hybridized carbons (Fsp3) is 0.0667. The van der Waals surface area contributed by atoms with Gasteiger partial charge in [0.1, 0.15) is 0 Å². The minimum absolute atomic E-state index is 0.00490. The van der Waals surface area contributed by atoms with Crippen LogP contribution in [0.25, 0.3) is 0 Å². The Bertz CT molecular complexity index is 851. The molecule has 1 aliphatic heterocycles. The SMILES string of the molecule is O=C1Cc2cc(NC(=O)c3ccc([N+](=O)[O-])cc3Cl)ccc2N1. The molecule has 7 nitrogen and oxygen atoms in total. The van der Waals surface area contributed by atoms with Crippen LogP contribution in [0, 0.1) is 10.1 Å². The van der Waals surface area contributed by atoms with Gasteiger partial charge in [-0.25, -0.2) is 0 Å². The van der Waals surface area contributed by atoms with Crippen molar-refractivity contribution in [3.63, 3.8) is 0 Å². The van der Waals surface area contributed by atoms with Gasteiger partial charge in [-0.3, -0.25) is 19.7 Å². The summed E-state index contributed by atoms with van der Waals surface area (Å²) in [5.41, 5.74) is 1.98. The van der Waals surface area contributed by atoms with Crippen LogP contribution in [0.3, 0.4) is 0 Å². The number of benzene rings is 2. The van der Waals surface area contributed by atoms with Gasteiger partial charge in [0.2, 0.25) is 5.91 Å². The molecule has 8 heteroatoms. The van der Waals surface area contributed by atoms with Crippen LogP contribution in [0.4, 0.5) is 17.1 Å². The maximum absolute atomic E-state index is 12.2. The molecule has 2 N–H and O–H groups in total. The molecule has 1 heterocycles. The summed E-state index contributed by atoms with van der Waals surface area (Å²) in [6.07, 6.45) is 0.261. The zero-order chi connectivity index (χ0) is 16.6. The van der Waals surface area contributed by atoms with Gasteiger partial charge >= 0.3 is 0 Å². The molecule has 0 radical (unpaired) electrons. The smallest absolute Gasteiger partial charge is 0.270 e. The van der Waals surface area contributed by atoms with Gasteiger partial charge in [-0.2, -0.15) is 0 Å². The lowest BCUT2D eigenvalue weighted by Gasteiger charge is -2.08. The van der Waals surface area contributed by atoms with Gasteiger partial charge in [-0.15, -0.1) is 0 Å². The summed E-state index contributed by atoms with van der Waals surface area (Å²) in [6, 6.07) is 8.70. The number of nitro groups is 1. The molecule has 0 spiro atoms. The summed E-state index contributed by atoms with van der Waals surface area (Å²) in [5.74, 6) is -0.580. The van der Waals surface area contributed by atoms with Gasteiger partial charge in [0.25, 0.3) is 11.6 Å². The second kappa shape index (κ2) is 5.69. The fourth-order valence-electron chi connectivity index (χ4n) is 2.31. The van der Waals surface area contributed by atoms with Crippen LogP contribution in [-0.2, 0) is 11.2 Å². The van der Waals surface area contributed by atoms with Crippen molar-refractivity contribution in [2.75, 3.05) is 10.6 Å². The van der Waals surface area contributed by atoms with E-state index >= 15 is 0 Å². The molecule has 0 aromatic heterocycles. The number of carbonyl (C=O) groups excluding carboxylic acids is 2. The van der Waals surface area contributed by atoms with Gasteiger partial charge < -0.3 is 10.6 Å². The fourth-order valence-corrected chi connectivity index (χ4v) is 2.57. The number of hydrogen-bond donors (Lipinski definition) is 2. The molecule has 2 aromatic rings. The predicted molar refractivity (Wildman–Crippen MR) is 84.8 cm³/mol. The molecule has 0 atom stereocenters. The molecule has 0 unspecified atom stereocenters. The second-order valence-corrected chi connectivity index (χ2v) is 5.38. The first-order valence-corrected chi connectivity index (χ1v) is 7.00. The highest BCUT2D eigenvalue weighted by Crippen LogP contribution is 2.27. The molecule has 2 aromatic carbocycles. The monoisotopic (exact) mass is 331 g/mol. The molecular weight excluding hydrogens is 322 g/mol. The van der Waals surface area contributed by atoms with Crippen molar-refractivity contribution < 1.29 is 14.5 Å². The first kappa shape index (κ1) is 15.0. The van der Waals surface area contributed by atoms with E-state index in [0.717, 1.165) is 17.3 Å². The van der Waals surface area contributed by atoms with Crippen LogP contribution in [0.15, 0.2) is 36.4 Å². The summed E-state index contributed by atoms with van der Waals surface area (Å²) in [5, 5.41) is 16.0. The van der Waals surface area contributed by atoms with Crippen molar-refractivity contribution in [1.82, 2.24) is 0 Å². The highest BCUT2D eigenvalue weighted by molar-refractivity contribution is 6.34. The Labute approximate surface area is 135 Å². The van der Waals surface area contributed by atoms with Crippen molar-refractivity contribution in [3.8, 4) is 0 Å². The van der Waals surface area contributed by atoms with E-state index in [9.17, 15) is 19.7 Å². The highest BCUT2D eigenvalue weighted by Gasteiger charge is 2.19. The number of hydrogen-bond acceptors (Lipinski definition) is 4.